The van der Waals surface area contributed by atoms with Crippen LogP contribution in [0.1, 0.15) is 18.1 Å². The first kappa shape index (κ1) is 20.7. The van der Waals surface area contributed by atoms with Crippen molar-refractivity contribution in [3.8, 4) is 11.5 Å². The van der Waals surface area contributed by atoms with Crippen molar-refractivity contribution in [2.75, 3.05) is 18.0 Å². The predicted molar refractivity (Wildman–Crippen MR) is 115 cm³/mol. The van der Waals surface area contributed by atoms with Crippen LogP contribution in [0.15, 0.2) is 77.7 Å². The second-order valence-electron chi connectivity index (χ2n) is 6.60. The van der Waals surface area contributed by atoms with Crippen LogP contribution in [0.2, 0.25) is 0 Å². The molecule has 0 atom stereocenters. The maximum absolute atomic E-state index is 13.5. The Morgan fingerprint density at radius 3 is 1.97 bits per heavy atom. The number of ether oxygens (including phenoxy) is 2. The van der Waals surface area contributed by atoms with Gasteiger partial charge >= 0.3 is 0 Å². The van der Waals surface area contributed by atoms with Crippen LogP contribution in [0.25, 0.3) is 0 Å². The number of hydrogen-bond acceptors (Lipinski definition) is 4. The highest BCUT2D eigenvalue weighted by Crippen LogP contribution is 2.28. The molecule has 0 amide bonds. The van der Waals surface area contributed by atoms with Gasteiger partial charge in [-0.1, -0.05) is 29.8 Å². The van der Waals surface area contributed by atoms with Crippen LogP contribution in [-0.2, 0) is 16.6 Å². The van der Waals surface area contributed by atoms with E-state index in [0.717, 1.165) is 11.1 Å². The average molecular weight is 412 g/mol. The maximum atomic E-state index is 13.5. The summed E-state index contributed by atoms with van der Waals surface area (Å²) in [6.45, 7) is 4.69. The Bertz CT molecular complexity index is 1030. The molecule has 29 heavy (non-hydrogen) atoms. The molecule has 0 fully saturated rings. The molecule has 5 nitrogen and oxygen atoms in total. The van der Waals surface area contributed by atoms with E-state index in [-0.39, 0.29) is 11.4 Å². The minimum absolute atomic E-state index is 0.208. The van der Waals surface area contributed by atoms with Crippen molar-refractivity contribution in [2.24, 2.45) is 0 Å². The molecule has 0 unspecified atom stereocenters. The van der Waals surface area contributed by atoms with Crippen LogP contribution < -0.4 is 13.8 Å². The zero-order chi connectivity index (χ0) is 20.9. The minimum Gasteiger partial charge on any atom is -0.497 e. The first-order valence-corrected chi connectivity index (χ1v) is 10.8. The molecule has 3 aromatic carbocycles. The monoisotopic (exact) mass is 411 g/mol. The molecule has 0 aliphatic carbocycles. The molecule has 0 bridgehead atoms. The van der Waals surface area contributed by atoms with Crippen LogP contribution in [0, 0.1) is 6.92 Å². The number of benzene rings is 3. The van der Waals surface area contributed by atoms with Crippen LogP contribution in [0.3, 0.4) is 0 Å². The number of methoxy groups -OCH3 is 1. The van der Waals surface area contributed by atoms with Gasteiger partial charge in [-0.25, -0.2) is 8.42 Å². The van der Waals surface area contributed by atoms with Crippen LogP contribution in [0.4, 0.5) is 5.69 Å². The van der Waals surface area contributed by atoms with Crippen molar-refractivity contribution in [3.63, 3.8) is 0 Å². The Labute approximate surface area is 172 Å². The van der Waals surface area contributed by atoms with E-state index < -0.39 is 10.0 Å². The Morgan fingerprint density at radius 2 is 1.41 bits per heavy atom. The van der Waals surface area contributed by atoms with E-state index in [2.05, 4.69) is 0 Å². The van der Waals surface area contributed by atoms with E-state index in [1.807, 2.05) is 38.1 Å². The minimum atomic E-state index is -3.78. The fourth-order valence-corrected chi connectivity index (χ4v) is 4.38. The van der Waals surface area contributed by atoms with Gasteiger partial charge in [0.1, 0.15) is 11.5 Å². The summed E-state index contributed by atoms with van der Waals surface area (Å²) in [6, 6.07) is 21.4. The predicted octanol–water partition coefficient (Wildman–Crippen LogP) is 4.80. The van der Waals surface area contributed by atoms with Crippen LogP contribution in [-0.4, -0.2) is 22.1 Å². The van der Waals surface area contributed by atoms with Crippen molar-refractivity contribution < 1.29 is 17.9 Å². The number of hydrogen-bond donors (Lipinski definition) is 0. The molecule has 0 aliphatic rings. The van der Waals surface area contributed by atoms with Gasteiger partial charge in [0.15, 0.2) is 0 Å². The van der Waals surface area contributed by atoms with Crippen LogP contribution in [0.5, 0.6) is 11.5 Å². The van der Waals surface area contributed by atoms with Gasteiger partial charge in [0.2, 0.25) is 0 Å². The maximum Gasteiger partial charge on any atom is 0.264 e. The summed E-state index contributed by atoms with van der Waals surface area (Å²) in [6.07, 6.45) is 0. The largest absolute Gasteiger partial charge is 0.497 e. The van der Waals surface area contributed by atoms with Crippen molar-refractivity contribution in [3.05, 3.63) is 83.9 Å². The van der Waals surface area contributed by atoms with Crippen LogP contribution >= 0.6 is 0 Å². The Balaban J connectivity index is 2.01. The molecule has 0 aromatic heterocycles. The van der Waals surface area contributed by atoms with E-state index in [1.165, 1.54) is 4.31 Å². The third-order valence-electron chi connectivity index (χ3n) is 4.53. The summed E-state index contributed by atoms with van der Waals surface area (Å²) in [5.41, 5.74) is 2.60. The molecule has 0 N–H and O–H groups in total. The molecule has 0 saturated heterocycles. The quantitative estimate of drug-likeness (QED) is 0.534. The highest BCUT2D eigenvalue weighted by atomic mass is 32.2. The van der Waals surface area contributed by atoms with Gasteiger partial charge in [-0.15, -0.1) is 0 Å². The lowest BCUT2D eigenvalue weighted by Crippen LogP contribution is -2.30. The lowest BCUT2D eigenvalue weighted by Gasteiger charge is -2.25. The normalized spacial score (nSPS) is 11.1. The lowest BCUT2D eigenvalue weighted by atomic mass is 10.1. The van der Waals surface area contributed by atoms with E-state index >= 15 is 0 Å². The first-order chi connectivity index (χ1) is 13.9. The summed E-state index contributed by atoms with van der Waals surface area (Å²) in [7, 11) is -2.23. The summed E-state index contributed by atoms with van der Waals surface area (Å²) < 4.78 is 39.0. The van der Waals surface area contributed by atoms with E-state index in [9.17, 15) is 8.42 Å². The van der Waals surface area contributed by atoms with Gasteiger partial charge in [0.25, 0.3) is 10.0 Å². The molecule has 0 spiro atoms. The fraction of sp³-hybridized carbons (Fsp3) is 0.217. The van der Waals surface area contributed by atoms with Crippen molar-refractivity contribution in [1.82, 2.24) is 0 Å². The molecule has 3 aromatic rings. The molecule has 0 aliphatic heterocycles. The number of aryl methyl sites for hydroxylation is 1. The highest BCUT2D eigenvalue weighted by molar-refractivity contribution is 7.92. The third kappa shape index (κ3) is 4.90. The Hall–Kier alpha value is -2.99. The number of rotatable bonds is 8. The Morgan fingerprint density at radius 1 is 0.828 bits per heavy atom. The summed E-state index contributed by atoms with van der Waals surface area (Å²) >= 11 is 0. The molecule has 152 valence electrons. The van der Waals surface area contributed by atoms with Crippen molar-refractivity contribution >= 4 is 15.7 Å². The number of nitrogens with zero attached hydrogens (tertiary/aromatic N) is 1. The highest BCUT2D eigenvalue weighted by Gasteiger charge is 2.25. The third-order valence-corrected chi connectivity index (χ3v) is 6.32. The standard InChI is InChI=1S/C23H25NO4S/c1-4-28-22-11-9-20(10-12-22)24(17-19-7-5-18(2)6-8-19)29(25,26)23-15-13-21(27-3)14-16-23/h5-16H,4,17H2,1-3H3. The molecular formula is C23H25NO4S. The zero-order valence-electron chi connectivity index (χ0n) is 16.8. The van der Waals surface area contributed by atoms with Gasteiger partial charge in [-0.3, -0.25) is 4.31 Å². The average Bonchev–Trinajstić information content (AvgIpc) is 2.74. The second kappa shape index (κ2) is 9.01. The van der Waals surface area contributed by atoms with Crippen molar-refractivity contribution in [1.29, 1.82) is 0 Å². The summed E-state index contributed by atoms with van der Waals surface area (Å²) in [5, 5.41) is 0. The van der Waals surface area contributed by atoms with E-state index in [4.69, 9.17) is 9.47 Å². The molecular weight excluding hydrogens is 386 g/mol. The molecule has 0 radical (unpaired) electrons. The lowest BCUT2D eigenvalue weighted by molar-refractivity contribution is 0.340. The van der Waals surface area contributed by atoms with Gasteiger partial charge in [-0.2, -0.15) is 0 Å². The molecule has 0 saturated carbocycles. The second-order valence-corrected chi connectivity index (χ2v) is 8.46. The summed E-state index contributed by atoms with van der Waals surface area (Å²) in [5.74, 6) is 1.31. The zero-order valence-corrected chi connectivity index (χ0v) is 17.6. The van der Waals surface area contributed by atoms with Gasteiger partial charge < -0.3 is 9.47 Å². The van der Waals surface area contributed by atoms with Gasteiger partial charge in [0, 0.05) is 0 Å². The fourth-order valence-electron chi connectivity index (χ4n) is 2.92. The molecule has 3 rings (SSSR count). The topological polar surface area (TPSA) is 55.8 Å². The van der Waals surface area contributed by atoms with E-state index in [0.29, 0.717) is 23.8 Å². The SMILES string of the molecule is CCOc1ccc(N(Cc2ccc(C)cc2)S(=O)(=O)c2ccc(OC)cc2)cc1. The number of sulfonamides is 1. The van der Waals surface area contributed by atoms with Gasteiger partial charge in [0.05, 0.1) is 30.8 Å². The summed E-state index contributed by atoms with van der Waals surface area (Å²) in [4.78, 5) is 0.208. The first-order valence-electron chi connectivity index (χ1n) is 9.39. The number of anilines is 1. The molecule has 0 heterocycles. The smallest absolute Gasteiger partial charge is 0.264 e. The van der Waals surface area contributed by atoms with Crippen molar-refractivity contribution in [2.45, 2.75) is 25.3 Å². The van der Waals surface area contributed by atoms with Gasteiger partial charge in [-0.05, 0) is 67.9 Å². The Kier molecular flexibility index (Phi) is 6.44. The van der Waals surface area contributed by atoms with E-state index in [1.54, 1.807) is 55.6 Å². The molecule has 6 heteroatoms.